The smallest absolute Gasteiger partial charge is 0.272 e. The third-order valence-electron chi connectivity index (χ3n) is 3.43. The highest BCUT2D eigenvalue weighted by atomic mass is 16.2. The zero-order valence-electron chi connectivity index (χ0n) is 11.2. The van der Waals surface area contributed by atoms with Crippen LogP contribution in [0.5, 0.6) is 0 Å². The maximum absolute atomic E-state index is 12.2. The van der Waals surface area contributed by atoms with Crippen molar-refractivity contribution in [3.05, 3.63) is 23.9 Å². The zero-order chi connectivity index (χ0) is 13.0. The second kappa shape index (κ2) is 5.85. The second-order valence-electron chi connectivity index (χ2n) is 4.55. The van der Waals surface area contributed by atoms with Gasteiger partial charge in [0.1, 0.15) is 11.5 Å². The predicted molar refractivity (Wildman–Crippen MR) is 72.9 cm³/mol. The maximum atomic E-state index is 12.2. The normalized spacial score (nSPS) is 14.9. The summed E-state index contributed by atoms with van der Waals surface area (Å²) in [6, 6.07) is 5.72. The molecule has 0 aromatic carbocycles. The van der Waals surface area contributed by atoms with E-state index in [2.05, 4.69) is 9.88 Å². The van der Waals surface area contributed by atoms with Crippen molar-refractivity contribution in [3.8, 4) is 0 Å². The van der Waals surface area contributed by atoms with E-state index < -0.39 is 0 Å². The van der Waals surface area contributed by atoms with Gasteiger partial charge in [0, 0.05) is 26.2 Å². The first-order chi connectivity index (χ1) is 8.76. The van der Waals surface area contributed by atoms with Gasteiger partial charge in [-0.3, -0.25) is 4.79 Å². The van der Waals surface area contributed by atoms with Crippen molar-refractivity contribution in [1.29, 1.82) is 0 Å². The van der Waals surface area contributed by atoms with E-state index in [-0.39, 0.29) is 5.91 Å². The van der Waals surface area contributed by atoms with Gasteiger partial charge in [-0.2, -0.15) is 0 Å². The molecule has 2 rings (SSSR count). The quantitative estimate of drug-likeness (QED) is 0.818. The van der Waals surface area contributed by atoms with Gasteiger partial charge in [0.2, 0.25) is 0 Å². The number of carbonyl (C=O) groups is 1. The SMILES string of the molecule is CCN(CC)C(=O)c1cccc(N2CCCC2)n1. The number of hydrogen-bond donors (Lipinski definition) is 0. The first-order valence-electron chi connectivity index (χ1n) is 6.77. The maximum Gasteiger partial charge on any atom is 0.272 e. The molecule has 0 aliphatic carbocycles. The second-order valence-corrected chi connectivity index (χ2v) is 4.55. The summed E-state index contributed by atoms with van der Waals surface area (Å²) < 4.78 is 0. The summed E-state index contributed by atoms with van der Waals surface area (Å²) in [5.74, 6) is 0.964. The highest BCUT2D eigenvalue weighted by molar-refractivity contribution is 5.92. The molecular weight excluding hydrogens is 226 g/mol. The Hall–Kier alpha value is -1.58. The molecule has 1 saturated heterocycles. The molecule has 0 spiro atoms. The number of rotatable bonds is 4. The van der Waals surface area contributed by atoms with E-state index in [0.29, 0.717) is 5.69 Å². The largest absolute Gasteiger partial charge is 0.357 e. The van der Waals surface area contributed by atoms with E-state index in [1.807, 2.05) is 26.0 Å². The van der Waals surface area contributed by atoms with E-state index in [1.165, 1.54) is 12.8 Å². The summed E-state index contributed by atoms with van der Waals surface area (Å²) in [4.78, 5) is 20.8. The van der Waals surface area contributed by atoms with Crippen LogP contribution in [0, 0.1) is 0 Å². The fourth-order valence-corrected chi connectivity index (χ4v) is 2.34. The fraction of sp³-hybridized carbons (Fsp3) is 0.571. The molecule has 18 heavy (non-hydrogen) atoms. The molecule has 1 aromatic rings. The first kappa shape index (κ1) is 12.9. The van der Waals surface area contributed by atoms with Crippen LogP contribution in [0.15, 0.2) is 18.2 Å². The van der Waals surface area contributed by atoms with Gasteiger partial charge in [0.25, 0.3) is 5.91 Å². The van der Waals surface area contributed by atoms with Crippen LogP contribution in [0.2, 0.25) is 0 Å². The van der Waals surface area contributed by atoms with Crippen LogP contribution in [0.1, 0.15) is 37.2 Å². The lowest BCUT2D eigenvalue weighted by Gasteiger charge is -2.20. The fourth-order valence-electron chi connectivity index (χ4n) is 2.34. The average molecular weight is 247 g/mol. The van der Waals surface area contributed by atoms with Crippen molar-refractivity contribution in [2.45, 2.75) is 26.7 Å². The topological polar surface area (TPSA) is 36.4 Å². The van der Waals surface area contributed by atoms with Crippen LogP contribution in [0.25, 0.3) is 0 Å². The number of pyridine rings is 1. The molecule has 1 aliphatic heterocycles. The van der Waals surface area contributed by atoms with E-state index in [4.69, 9.17) is 0 Å². The lowest BCUT2D eigenvalue weighted by atomic mass is 10.3. The number of hydrogen-bond acceptors (Lipinski definition) is 3. The molecule has 1 aliphatic rings. The molecule has 4 heteroatoms. The average Bonchev–Trinajstić information content (AvgIpc) is 2.94. The van der Waals surface area contributed by atoms with Crippen LogP contribution < -0.4 is 4.90 Å². The third kappa shape index (κ3) is 2.63. The van der Waals surface area contributed by atoms with Gasteiger partial charge in [0.05, 0.1) is 0 Å². The van der Waals surface area contributed by atoms with Crippen LogP contribution in [0.4, 0.5) is 5.82 Å². The van der Waals surface area contributed by atoms with Gasteiger partial charge in [-0.05, 0) is 38.8 Å². The Morgan fingerprint density at radius 3 is 2.56 bits per heavy atom. The van der Waals surface area contributed by atoms with Crippen molar-refractivity contribution in [2.75, 3.05) is 31.1 Å². The van der Waals surface area contributed by atoms with E-state index in [1.54, 1.807) is 11.0 Å². The van der Waals surface area contributed by atoms with Gasteiger partial charge in [-0.25, -0.2) is 4.98 Å². The molecule has 98 valence electrons. The predicted octanol–water partition coefficient (Wildman–Crippen LogP) is 2.16. The molecule has 0 unspecified atom stereocenters. The summed E-state index contributed by atoms with van der Waals surface area (Å²) >= 11 is 0. The van der Waals surface area contributed by atoms with E-state index in [9.17, 15) is 4.79 Å². The highest BCUT2D eigenvalue weighted by Gasteiger charge is 2.17. The minimum absolute atomic E-state index is 0.0287. The molecule has 2 heterocycles. The van der Waals surface area contributed by atoms with Crippen molar-refractivity contribution in [3.63, 3.8) is 0 Å². The Kier molecular flexibility index (Phi) is 4.18. The molecule has 0 N–H and O–H groups in total. The minimum Gasteiger partial charge on any atom is -0.357 e. The minimum atomic E-state index is 0.0287. The number of anilines is 1. The Bertz CT molecular complexity index is 409. The number of aromatic nitrogens is 1. The van der Waals surface area contributed by atoms with E-state index in [0.717, 1.165) is 32.0 Å². The standard InChI is InChI=1S/C14H21N3O/c1-3-16(4-2)14(18)12-8-7-9-13(15-12)17-10-5-6-11-17/h7-9H,3-6,10-11H2,1-2H3. The van der Waals surface area contributed by atoms with Crippen molar-refractivity contribution >= 4 is 11.7 Å². The van der Waals surface area contributed by atoms with E-state index >= 15 is 0 Å². The lowest BCUT2D eigenvalue weighted by molar-refractivity contribution is 0.0767. The van der Waals surface area contributed by atoms with Gasteiger partial charge in [0.15, 0.2) is 0 Å². The molecule has 0 bridgehead atoms. The molecule has 1 aromatic heterocycles. The molecule has 0 radical (unpaired) electrons. The molecule has 1 fully saturated rings. The number of nitrogens with zero attached hydrogens (tertiary/aromatic N) is 3. The van der Waals surface area contributed by atoms with Gasteiger partial charge in [-0.1, -0.05) is 6.07 Å². The highest BCUT2D eigenvalue weighted by Crippen LogP contribution is 2.18. The Labute approximate surface area is 109 Å². The summed E-state index contributed by atoms with van der Waals surface area (Å²) in [7, 11) is 0. The monoisotopic (exact) mass is 247 g/mol. The lowest BCUT2D eigenvalue weighted by Crippen LogP contribution is -2.31. The molecule has 4 nitrogen and oxygen atoms in total. The van der Waals surface area contributed by atoms with Crippen molar-refractivity contribution in [2.24, 2.45) is 0 Å². The summed E-state index contributed by atoms with van der Waals surface area (Å²) in [5.41, 5.74) is 0.558. The number of carbonyl (C=O) groups excluding carboxylic acids is 1. The van der Waals surface area contributed by atoms with Crippen LogP contribution in [0.3, 0.4) is 0 Å². The van der Waals surface area contributed by atoms with Crippen LogP contribution >= 0.6 is 0 Å². The van der Waals surface area contributed by atoms with Gasteiger partial charge < -0.3 is 9.80 Å². The molecular formula is C14H21N3O. The summed E-state index contributed by atoms with van der Waals surface area (Å²) in [6.07, 6.45) is 2.44. The summed E-state index contributed by atoms with van der Waals surface area (Å²) in [5, 5.41) is 0. The first-order valence-corrected chi connectivity index (χ1v) is 6.77. The number of amides is 1. The summed E-state index contributed by atoms with van der Waals surface area (Å²) in [6.45, 7) is 7.54. The Morgan fingerprint density at radius 1 is 1.28 bits per heavy atom. The molecule has 0 saturated carbocycles. The Balaban J connectivity index is 2.18. The molecule has 0 atom stereocenters. The van der Waals surface area contributed by atoms with Gasteiger partial charge in [-0.15, -0.1) is 0 Å². The van der Waals surface area contributed by atoms with Crippen molar-refractivity contribution < 1.29 is 4.79 Å². The third-order valence-corrected chi connectivity index (χ3v) is 3.43. The Morgan fingerprint density at radius 2 is 1.94 bits per heavy atom. The van der Waals surface area contributed by atoms with Crippen LogP contribution in [-0.2, 0) is 0 Å². The zero-order valence-corrected chi connectivity index (χ0v) is 11.2. The van der Waals surface area contributed by atoms with Crippen molar-refractivity contribution in [1.82, 2.24) is 9.88 Å². The van der Waals surface area contributed by atoms with Crippen LogP contribution in [-0.4, -0.2) is 42.0 Å². The van der Waals surface area contributed by atoms with Gasteiger partial charge >= 0.3 is 0 Å². The molecule has 1 amide bonds.